The molecule has 1 amide bonds. The Morgan fingerprint density at radius 1 is 1.14 bits per heavy atom. The zero-order chi connectivity index (χ0) is 19.8. The van der Waals surface area contributed by atoms with E-state index < -0.39 is 0 Å². The summed E-state index contributed by atoms with van der Waals surface area (Å²) < 4.78 is 16.6. The summed E-state index contributed by atoms with van der Waals surface area (Å²) in [5, 5.41) is 3.94. The van der Waals surface area contributed by atoms with E-state index in [0.717, 1.165) is 47.4 Å². The molecule has 0 bridgehead atoms. The lowest BCUT2D eigenvalue weighted by Gasteiger charge is -2.20. The topological polar surface area (TPSA) is 69.7 Å². The van der Waals surface area contributed by atoms with Gasteiger partial charge in [0.15, 0.2) is 11.5 Å². The second-order valence-corrected chi connectivity index (χ2v) is 7.45. The van der Waals surface area contributed by atoms with E-state index >= 15 is 0 Å². The van der Waals surface area contributed by atoms with Gasteiger partial charge in [-0.05, 0) is 50.1 Å². The summed E-state index contributed by atoms with van der Waals surface area (Å²) in [7, 11) is 0. The summed E-state index contributed by atoms with van der Waals surface area (Å²) >= 11 is 0. The predicted octanol–water partition coefficient (Wildman–Crippen LogP) is 3.93. The van der Waals surface area contributed by atoms with E-state index in [0.29, 0.717) is 11.3 Å². The molecule has 2 aromatic carbocycles. The van der Waals surface area contributed by atoms with Gasteiger partial charge in [-0.15, -0.1) is 0 Å². The van der Waals surface area contributed by atoms with Crippen molar-refractivity contribution >= 4 is 16.8 Å². The molecule has 148 valence electrons. The van der Waals surface area contributed by atoms with Crippen molar-refractivity contribution in [1.29, 1.82) is 0 Å². The van der Waals surface area contributed by atoms with Crippen molar-refractivity contribution in [2.75, 3.05) is 13.4 Å². The van der Waals surface area contributed by atoms with Crippen molar-refractivity contribution in [1.82, 2.24) is 10.3 Å². The highest BCUT2D eigenvalue weighted by atomic mass is 16.7. The lowest BCUT2D eigenvalue weighted by atomic mass is 10.0. The van der Waals surface area contributed by atoms with Crippen LogP contribution < -0.4 is 14.8 Å². The largest absolute Gasteiger partial charge is 0.454 e. The van der Waals surface area contributed by atoms with Crippen LogP contribution in [0.25, 0.3) is 22.2 Å². The molecule has 2 atom stereocenters. The van der Waals surface area contributed by atoms with Crippen LogP contribution >= 0.6 is 0 Å². The third-order valence-corrected chi connectivity index (χ3v) is 5.51. The van der Waals surface area contributed by atoms with Crippen LogP contribution in [-0.2, 0) is 4.74 Å². The highest BCUT2D eigenvalue weighted by molar-refractivity contribution is 6.07. The number of carbonyl (C=O) groups excluding carboxylic acids is 1. The zero-order valence-electron chi connectivity index (χ0n) is 16.2. The Bertz CT molecular complexity index is 1080. The SMILES string of the molecule is C[C@@H](NC(=O)c1cc(-c2ccc3c(c2)OCO3)nc2ccccc12)[C@H]1CCCO1. The smallest absolute Gasteiger partial charge is 0.252 e. The maximum Gasteiger partial charge on any atom is 0.252 e. The van der Waals surface area contributed by atoms with Crippen molar-refractivity contribution in [2.45, 2.75) is 31.9 Å². The molecule has 1 N–H and O–H groups in total. The molecule has 2 aliphatic rings. The number of nitrogens with zero attached hydrogens (tertiary/aromatic N) is 1. The van der Waals surface area contributed by atoms with Crippen molar-refractivity contribution in [2.24, 2.45) is 0 Å². The normalized spacial score (nSPS) is 18.7. The van der Waals surface area contributed by atoms with Crippen LogP contribution in [-0.4, -0.2) is 36.4 Å². The first-order valence-electron chi connectivity index (χ1n) is 9.91. The van der Waals surface area contributed by atoms with Gasteiger partial charge in [0.2, 0.25) is 6.79 Å². The van der Waals surface area contributed by atoms with E-state index in [1.807, 2.05) is 55.5 Å². The molecule has 0 radical (unpaired) electrons. The van der Waals surface area contributed by atoms with Gasteiger partial charge in [0, 0.05) is 17.6 Å². The molecule has 0 unspecified atom stereocenters. The first-order valence-corrected chi connectivity index (χ1v) is 9.91. The Labute approximate surface area is 168 Å². The molecular formula is C23H22N2O4. The highest BCUT2D eigenvalue weighted by Crippen LogP contribution is 2.36. The average Bonchev–Trinajstić information content (AvgIpc) is 3.44. The van der Waals surface area contributed by atoms with E-state index in [1.165, 1.54) is 0 Å². The zero-order valence-corrected chi connectivity index (χ0v) is 16.2. The number of hydrogen-bond donors (Lipinski definition) is 1. The maximum absolute atomic E-state index is 13.2. The molecule has 6 nitrogen and oxygen atoms in total. The summed E-state index contributed by atoms with van der Waals surface area (Å²) in [6.07, 6.45) is 2.08. The van der Waals surface area contributed by atoms with Crippen LogP contribution in [0.3, 0.4) is 0 Å². The molecule has 5 rings (SSSR count). The van der Waals surface area contributed by atoms with Crippen molar-refractivity contribution in [3.63, 3.8) is 0 Å². The molecular weight excluding hydrogens is 368 g/mol. The quantitative estimate of drug-likeness (QED) is 0.731. The van der Waals surface area contributed by atoms with E-state index in [2.05, 4.69) is 5.32 Å². The second kappa shape index (κ2) is 7.37. The predicted molar refractivity (Wildman–Crippen MR) is 109 cm³/mol. The molecule has 1 aromatic heterocycles. The van der Waals surface area contributed by atoms with Crippen molar-refractivity contribution in [3.05, 3.63) is 54.1 Å². The third-order valence-electron chi connectivity index (χ3n) is 5.51. The fourth-order valence-electron chi connectivity index (χ4n) is 3.94. The Hall–Kier alpha value is -3.12. The fraction of sp³-hybridized carbons (Fsp3) is 0.304. The first-order chi connectivity index (χ1) is 14.2. The first kappa shape index (κ1) is 17.9. The summed E-state index contributed by atoms with van der Waals surface area (Å²) in [5.41, 5.74) is 2.98. The number of carbonyl (C=O) groups is 1. The van der Waals surface area contributed by atoms with Crippen LogP contribution in [0.5, 0.6) is 11.5 Å². The molecule has 6 heteroatoms. The van der Waals surface area contributed by atoms with Crippen LogP contribution in [0.4, 0.5) is 0 Å². The number of fused-ring (bicyclic) bond motifs is 2. The van der Waals surface area contributed by atoms with E-state index in [-0.39, 0.29) is 24.8 Å². The number of pyridine rings is 1. The summed E-state index contributed by atoms with van der Waals surface area (Å²) in [4.78, 5) is 17.9. The summed E-state index contributed by atoms with van der Waals surface area (Å²) in [6, 6.07) is 15.2. The van der Waals surface area contributed by atoms with Crippen LogP contribution in [0, 0.1) is 0 Å². The highest BCUT2D eigenvalue weighted by Gasteiger charge is 2.25. The van der Waals surface area contributed by atoms with Gasteiger partial charge >= 0.3 is 0 Å². The average molecular weight is 390 g/mol. The molecule has 0 saturated carbocycles. The summed E-state index contributed by atoms with van der Waals surface area (Å²) in [6.45, 7) is 2.98. The fourth-order valence-corrected chi connectivity index (χ4v) is 3.94. The van der Waals surface area contributed by atoms with Gasteiger partial charge in [-0.25, -0.2) is 4.98 Å². The van der Waals surface area contributed by atoms with Crippen LogP contribution in [0.2, 0.25) is 0 Å². The van der Waals surface area contributed by atoms with Crippen molar-refractivity contribution in [3.8, 4) is 22.8 Å². The van der Waals surface area contributed by atoms with Crippen LogP contribution in [0.1, 0.15) is 30.1 Å². The van der Waals surface area contributed by atoms with Crippen LogP contribution in [0.15, 0.2) is 48.5 Å². The standard InChI is InChI=1S/C23H22N2O4/c1-14(20-7-4-10-27-20)24-23(26)17-12-19(25-18-6-3-2-5-16(17)18)15-8-9-21-22(11-15)29-13-28-21/h2-3,5-6,8-9,11-12,14,20H,4,7,10,13H2,1H3,(H,24,26)/t14-,20-/m1/s1. The van der Waals surface area contributed by atoms with Gasteiger partial charge < -0.3 is 19.5 Å². The maximum atomic E-state index is 13.2. The number of amides is 1. The lowest BCUT2D eigenvalue weighted by molar-refractivity contribution is 0.0713. The number of rotatable bonds is 4. The molecule has 3 aromatic rings. The second-order valence-electron chi connectivity index (χ2n) is 7.45. The lowest BCUT2D eigenvalue weighted by Crippen LogP contribution is -2.40. The van der Waals surface area contributed by atoms with Crippen molar-refractivity contribution < 1.29 is 19.0 Å². The van der Waals surface area contributed by atoms with Gasteiger partial charge in [-0.1, -0.05) is 18.2 Å². The molecule has 0 spiro atoms. The van der Waals surface area contributed by atoms with Gasteiger partial charge in [-0.3, -0.25) is 4.79 Å². The van der Waals surface area contributed by atoms with E-state index in [4.69, 9.17) is 19.2 Å². The number of hydrogen-bond acceptors (Lipinski definition) is 5. The molecule has 1 fully saturated rings. The van der Waals surface area contributed by atoms with Gasteiger partial charge in [0.1, 0.15) is 0 Å². The number of aromatic nitrogens is 1. The molecule has 0 aliphatic carbocycles. The van der Waals surface area contributed by atoms with E-state index in [1.54, 1.807) is 0 Å². The van der Waals surface area contributed by atoms with E-state index in [9.17, 15) is 4.79 Å². The minimum absolute atomic E-state index is 0.0501. The third kappa shape index (κ3) is 3.40. The Morgan fingerprint density at radius 3 is 2.86 bits per heavy atom. The number of nitrogens with one attached hydrogen (secondary N) is 1. The van der Waals surface area contributed by atoms with Gasteiger partial charge in [0.05, 0.1) is 28.9 Å². The number of benzene rings is 2. The molecule has 2 aliphatic heterocycles. The van der Waals surface area contributed by atoms with Gasteiger partial charge in [-0.2, -0.15) is 0 Å². The Morgan fingerprint density at radius 2 is 2.00 bits per heavy atom. The monoisotopic (exact) mass is 390 g/mol. The minimum Gasteiger partial charge on any atom is -0.454 e. The molecule has 3 heterocycles. The minimum atomic E-state index is -0.117. The van der Waals surface area contributed by atoms with Gasteiger partial charge in [0.25, 0.3) is 5.91 Å². The Balaban J connectivity index is 1.53. The molecule has 1 saturated heterocycles. The number of ether oxygens (including phenoxy) is 3. The number of para-hydroxylation sites is 1. The molecule has 29 heavy (non-hydrogen) atoms. The Kier molecular flexibility index (Phi) is 4.56. The summed E-state index contributed by atoms with van der Waals surface area (Å²) in [5.74, 6) is 1.29.